The van der Waals surface area contributed by atoms with Crippen LogP contribution in [0.1, 0.15) is 23.6 Å². The lowest BCUT2D eigenvalue weighted by Crippen LogP contribution is -2.23. The molecule has 0 saturated carbocycles. The zero-order valence-corrected chi connectivity index (χ0v) is 13.5. The Morgan fingerprint density at radius 2 is 1.67 bits per heavy atom. The summed E-state index contributed by atoms with van der Waals surface area (Å²) in [6, 6.07) is 16.2. The van der Waals surface area contributed by atoms with E-state index in [1.165, 1.54) is 11.1 Å². The molecule has 2 rings (SSSR count). The summed E-state index contributed by atoms with van der Waals surface area (Å²) in [5.74, 6) is 0.914. The van der Waals surface area contributed by atoms with Gasteiger partial charge in [0.2, 0.25) is 5.91 Å². The number of amides is 1. The van der Waals surface area contributed by atoms with Gasteiger partial charge in [-0.3, -0.25) is 4.79 Å². The van der Waals surface area contributed by atoms with Gasteiger partial charge in [-0.25, -0.2) is 0 Å². The van der Waals surface area contributed by atoms with Gasteiger partial charge in [-0.1, -0.05) is 42.5 Å². The van der Waals surface area contributed by atoms with Crippen molar-refractivity contribution in [2.24, 2.45) is 0 Å². The quantitative estimate of drug-likeness (QED) is 0.876. The van der Waals surface area contributed by atoms with Crippen LogP contribution in [-0.2, 0) is 10.5 Å². The van der Waals surface area contributed by atoms with E-state index in [4.69, 9.17) is 0 Å². The van der Waals surface area contributed by atoms with Crippen molar-refractivity contribution in [3.8, 4) is 0 Å². The Kier molecular flexibility index (Phi) is 5.45. The van der Waals surface area contributed by atoms with E-state index in [-0.39, 0.29) is 11.2 Å². The van der Waals surface area contributed by atoms with Gasteiger partial charge in [0.1, 0.15) is 0 Å². The maximum atomic E-state index is 12.2. The third-order valence-corrected chi connectivity index (χ3v) is 4.71. The number of anilines is 1. The van der Waals surface area contributed by atoms with Crippen LogP contribution >= 0.6 is 11.8 Å². The zero-order valence-electron chi connectivity index (χ0n) is 12.7. The standard InChI is InChI=1S/C18H21NOS/c1-13-8-4-6-10-16(13)12-21-15(3)18(20)19-17-11-7-5-9-14(17)2/h4-11,15H,12H2,1-3H3,(H,19,20). The highest BCUT2D eigenvalue weighted by Crippen LogP contribution is 2.22. The summed E-state index contributed by atoms with van der Waals surface area (Å²) in [7, 11) is 0. The molecule has 2 aromatic rings. The van der Waals surface area contributed by atoms with E-state index in [1.54, 1.807) is 11.8 Å². The van der Waals surface area contributed by atoms with Gasteiger partial charge in [0.25, 0.3) is 0 Å². The predicted octanol–water partition coefficient (Wildman–Crippen LogP) is 4.56. The molecule has 0 aliphatic heterocycles. The highest BCUT2D eigenvalue weighted by molar-refractivity contribution is 7.99. The van der Waals surface area contributed by atoms with Gasteiger partial charge in [-0.15, -0.1) is 11.8 Å². The molecule has 2 aromatic carbocycles. The van der Waals surface area contributed by atoms with E-state index in [0.29, 0.717) is 0 Å². The lowest BCUT2D eigenvalue weighted by Gasteiger charge is -2.14. The van der Waals surface area contributed by atoms with Crippen LogP contribution in [0, 0.1) is 13.8 Å². The molecule has 1 amide bonds. The fourth-order valence-corrected chi connectivity index (χ4v) is 2.97. The molecule has 0 saturated heterocycles. The molecule has 0 fully saturated rings. The van der Waals surface area contributed by atoms with Crippen LogP contribution in [0.15, 0.2) is 48.5 Å². The summed E-state index contributed by atoms with van der Waals surface area (Å²) in [5.41, 5.74) is 4.54. The molecule has 1 N–H and O–H groups in total. The van der Waals surface area contributed by atoms with Crippen LogP contribution in [0.2, 0.25) is 0 Å². The Hall–Kier alpha value is -1.74. The van der Waals surface area contributed by atoms with Gasteiger partial charge < -0.3 is 5.32 Å². The van der Waals surface area contributed by atoms with Crippen LogP contribution in [0.3, 0.4) is 0 Å². The molecule has 0 radical (unpaired) electrons. The summed E-state index contributed by atoms with van der Waals surface area (Å²) in [6.45, 7) is 6.06. The van der Waals surface area contributed by atoms with Crippen LogP contribution in [0.25, 0.3) is 0 Å². The molecule has 0 spiro atoms. The average Bonchev–Trinajstić information content (AvgIpc) is 2.48. The zero-order chi connectivity index (χ0) is 15.2. The van der Waals surface area contributed by atoms with Crippen LogP contribution in [0.4, 0.5) is 5.69 Å². The summed E-state index contributed by atoms with van der Waals surface area (Å²) in [5, 5.41) is 2.92. The largest absolute Gasteiger partial charge is 0.325 e. The molecule has 0 aliphatic carbocycles. The lowest BCUT2D eigenvalue weighted by molar-refractivity contribution is -0.115. The first-order chi connectivity index (χ1) is 10.1. The monoisotopic (exact) mass is 299 g/mol. The Bertz CT molecular complexity index is 624. The highest BCUT2D eigenvalue weighted by Gasteiger charge is 2.14. The number of carbonyl (C=O) groups excluding carboxylic acids is 1. The van der Waals surface area contributed by atoms with Crippen molar-refractivity contribution in [2.75, 3.05) is 5.32 Å². The Labute approximate surface area is 131 Å². The first kappa shape index (κ1) is 15.6. The molecule has 1 atom stereocenters. The topological polar surface area (TPSA) is 29.1 Å². The molecule has 3 heteroatoms. The maximum absolute atomic E-state index is 12.2. The second-order valence-corrected chi connectivity index (χ2v) is 6.51. The maximum Gasteiger partial charge on any atom is 0.237 e. The van der Waals surface area contributed by atoms with Crippen LogP contribution in [-0.4, -0.2) is 11.2 Å². The van der Waals surface area contributed by atoms with E-state index in [0.717, 1.165) is 17.0 Å². The van der Waals surface area contributed by atoms with Gasteiger partial charge >= 0.3 is 0 Å². The molecule has 0 heterocycles. The summed E-state index contributed by atoms with van der Waals surface area (Å²) < 4.78 is 0. The normalized spacial score (nSPS) is 12.0. The smallest absolute Gasteiger partial charge is 0.237 e. The van der Waals surface area contributed by atoms with Gasteiger partial charge in [0.15, 0.2) is 0 Å². The number of rotatable bonds is 5. The molecule has 0 aliphatic rings. The Morgan fingerprint density at radius 3 is 2.33 bits per heavy atom. The minimum absolute atomic E-state index is 0.0582. The first-order valence-electron chi connectivity index (χ1n) is 7.10. The minimum atomic E-state index is -0.0794. The number of hydrogen-bond donors (Lipinski definition) is 1. The van der Waals surface area contributed by atoms with Crippen molar-refractivity contribution < 1.29 is 4.79 Å². The number of carbonyl (C=O) groups is 1. The number of benzene rings is 2. The van der Waals surface area contributed by atoms with Gasteiger partial charge in [0, 0.05) is 11.4 Å². The van der Waals surface area contributed by atoms with Crippen molar-refractivity contribution in [1.82, 2.24) is 0 Å². The predicted molar refractivity (Wildman–Crippen MR) is 91.7 cm³/mol. The minimum Gasteiger partial charge on any atom is -0.325 e. The molecule has 1 unspecified atom stereocenters. The second kappa shape index (κ2) is 7.32. The first-order valence-corrected chi connectivity index (χ1v) is 8.15. The van der Waals surface area contributed by atoms with E-state index in [1.807, 2.05) is 50.2 Å². The van der Waals surface area contributed by atoms with Crippen molar-refractivity contribution >= 4 is 23.4 Å². The molecule has 2 nitrogen and oxygen atoms in total. The third-order valence-electron chi connectivity index (χ3n) is 3.52. The van der Waals surface area contributed by atoms with E-state index in [9.17, 15) is 4.79 Å². The average molecular weight is 299 g/mol. The van der Waals surface area contributed by atoms with Crippen molar-refractivity contribution in [3.63, 3.8) is 0 Å². The molecule has 21 heavy (non-hydrogen) atoms. The summed E-state index contributed by atoms with van der Waals surface area (Å²) in [4.78, 5) is 12.2. The molecular formula is C18H21NOS. The Morgan fingerprint density at radius 1 is 1.05 bits per heavy atom. The van der Waals surface area contributed by atoms with Crippen molar-refractivity contribution in [3.05, 3.63) is 65.2 Å². The van der Waals surface area contributed by atoms with E-state index in [2.05, 4.69) is 24.4 Å². The second-order valence-electron chi connectivity index (χ2n) is 5.18. The van der Waals surface area contributed by atoms with Gasteiger partial charge in [-0.2, -0.15) is 0 Å². The van der Waals surface area contributed by atoms with E-state index >= 15 is 0 Å². The number of aryl methyl sites for hydroxylation is 2. The van der Waals surface area contributed by atoms with Crippen LogP contribution in [0.5, 0.6) is 0 Å². The number of nitrogens with one attached hydrogen (secondary N) is 1. The lowest BCUT2D eigenvalue weighted by atomic mass is 10.1. The summed E-state index contributed by atoms with van der Waals surface area (Å²) in [6.07, 6.45) is 0. The number of thioether (sulfide) groups is 1. The fraction of sp³-hybridized carbons (Fsp3) is 0.278. The third kappa shape index (κ3) is 4.36. The summed E-state index contributed by atoms with van der Waals surface area (Å²) >= 11 is 1.66. The highest BCUT2D eigenvalue weighted by atomic mass is 32.2. The fourth-order valence-electron chi connectivity index (χ4n) is 2.01. The van der Waals surface area contributed by atoms with Crippen LogP contribution < -0.4 is 5.32 Å². The van der Waals surface area contributed by atoms with E-state index < -0.39 is 0 Å². The number of para-hydroxylation sites is 1. The number of hydrogen-bond acceptors (Lipinski definition) is 2. The molecule has 0 bridgehead atoms. The molecular weight excluding hydrogens is 278 g/mol. The van der Waals surface area contributed by atoms with Gasteiger partial charge in [-0.05, 0) is 43.5 Å². The van der Waals surface area contributed by atoms with Crippen molar-refractivity contribution in [1.29, 1.82) is 0 Å². The molecule has 0 aromatic heterocycles. The SMILES string of the molecule is Cc1ccccc1CSC(C)C(=O)Nc1ccccc1C. The molecule has 110 valence electrons. The Balaban J connectivity index is 1.91. The van der Waals surface area contributed by atoms with Gasteiger partial charge in [0.05, 0.1) is 5.25 Å². The van der Waals surface area contributed by atoms with Crippen molar-refractivity contribution in [2.45, 2.75) is 31.8 Å².